The van der Waals surface area contributed by atoms with Gasteiger partial charge in [0.15, 0.2) is 11.5 Å². The zero-order valence-corrected chi connectivity index (χ0v) is 11.2. The summed E-state index contributed by atoms with van der Waals surface area (Å²) in [6.07, 6.45) is 2.94. The molecule has 0 bridgehead atoms. The minimum atomic E-state index is -0.656. The van der Waals surface area contributed by atoms with E-state index in [1.54, 1.807) is 19.9 Å². The first kappa shape index (κ1) is 14.6. The molecule has 0 saturated carbocycles. The highest BCUT2D eigenvalue weighted by Gasteiger charge is 2.20. The monoisotopic (exact) mass is 265 g/mol. The van der Waals surface area contributed by atoms with E-state index in [0.717, 1.165) is 5.71 Å². The molecule has 0 fully saturated rings. The lowest BCUT2D eigenvalue weighted by Gasteiger charge is -2.07. The maximum Gasteiger partial charge on any atom is 0.360 e. The zero-order chi connectivity index (χ0) is 14.3. The molecule has 0 aliphatic heterocycles. The van der Waals surface area contributed by atoms with E-state index in [1.807, 2.05) is 0 Å². The van der Waals surface area contributed by atoms with E-state index in [2.05, 4.69) is 24.9 Å². The maximum atomic E-state index is 11.6. The van der Waals surface area contributed by atoms with Crippen LogP contribution in [0.4, 0.5) is 0 Å². The van der Waals surface area contributed by atoms with Gasteiger partial charge < -0.3 is 14.4 Å². The zero-order valence-electron chi connectivity index (χ0n) is 11.2. The van der Waals surface area contributed by atoms with E-state index in [1.165, 1.54) is 26.6 Å². The third-order valence-corrected chi connectivity index (χ3v) is 1.92. The van der Waals surface area contributed by atoms with Crippen LogP contribution in [0.1, 0.15) is 19.4 Å². The van der Waals surface area contributed by atoms with Crippen LogP contribution in [0.15, 0.2) is 28.8 Å². The first-order chi connectivity index (χ1) is 9.10. The molecule has 7 heteroatoms. The first-order valence-electron chi connectivity index (χ1n) is 5.42. The van der Waals surface area contributed by atoms with E-state index >= 15 is 0 Å². The molecule has 0 saturated heterocycles. The highest BCUT2D eigenvalue weighted by atomic mass is 16.6. The van der Waals surface area contributed by atoms with Crippen molar-refractivity contribution in [3.63, 3.8) is 0 Å². The smallest absolute Gasteiger partial charge is 0.360 e. The minimum Gasteiger partial charge on any atom is -0.464 e. The molecule has 0 radical (unpaired) electrons. The molecule has 0 aliphatic rings. The Labute approximate surface area is 110 Å². The van der Waals surface area contributed by atoms with Crippen LogP contribution in [0.25, 0.3) is 0 Å². The van der Waals surface area contributed by atoms with Crippen LogP contribution < -0.4 is 4.84 Å². The van der Waals surface area contributed by atoms with E-state index in [9.17, 15) is 4.79 Å². The summed E-state index contributed by atoms with van der Waals surface area (Å²) in [5, 5.41) is 7.45. The molecule has 1 aromatic heterocycles. The lowest BCUT2D eigenvalue weighted by Crippen LogP contribution is -2.18. The van der Waals surface area contributed by atoms with Crippen LogP contribution >= 0.6 is 0 Å². The molecule has 0 aromatic carbocycles. The molecule has 1 aromatic rings. The van der Waals surface area contributed by atoms with Gasteiger partial charge >= 0.3 is 5.97 Å². The third kappa shape index (κ3) is 4.06. The summed E-state index contributed by atoms with van der Waals surface area (Å²) < 4.78 is 4.63. The van der Waals surface area contributed by atoms with Crippen molar-refractivity contribution in [2.24, 2.45) is 10.3 Å². The lowest BCUT2D eigenvalue weighted by molar-refractivity contribution is -0.132. The molecule has 0 N–H and O–H groups in total. The predicted molar refractivity (Wildman–Crippen MR) is 69.2 cm³/mol. The minimum absolute atomic E-state index is 0.0444. The standard InChI is InChI=1S/C12H15N3O4/c1-8(2)14-19-10-5-6-13-7-9(10)11(15-18-4)12(16)17-3/h5-7H,1-4H3/b15-11+. The third-order valence-electron chi connectivity index (χ3n) is 1.92. The Hall–Kier alpha value is -2.44. The van der Waals surface area contributed by atoms with Gasteiger partial charge in [-0.1, -0.05) is 10.3 Å². The highest BCUT2D eigenvalue weighted by Crippen LogP contribution is 2.19. The van der Waals surface area contributed by atoms with Gasteiger partial charge in [0, 0.05) is 18.5 Å². The van der Waals surface area contributed by atoms with Crippen LogP contribution in [0, 0.1) is 0 Å². The number of carbonyl (C=O) groups is 1. The SMILES string of the molecule is CO/N=C(/C(=O)OC)c1cnccc1ON=C(C)C. The molecule has 0 atom stereocenters. The Morgan fingerprint density at radius 2 is 2.00 bits per heavy atom. The van der Waals surface area contributed by atoms with Crippen molar-refractivity contribution in [2.75, 3.05) is 14.2 Å². The molecular weight excluding hydrogens is 250 g/mol. The van der Waals surface area contributed by atoms with Crippen molar-refractivity contribution >= 4 is 17.4 Å². The van der Waals surface area contributed by atoms with Gasteiger partial charge in [-0.2, -0.15) is 0 Å². The van der Waals surface area contributed by atoms with Crippen molar-refractivity contribution in [1.82, 2.24) is 4.98 Å². The number of methoxy groups -OCH3 is 1. The molecule has 0 spiro atoms. The van der Waals surface area contributed by atoms with Crippen LogP contribution in [0.3, 0.4) is 0 Å². The Bertz CT molecular complexity index is 507. The summed E-state index contributed by atoms with van der Waals surface area (Å²) in [5.74, 6) is -0.325. The number of nitrogens with zero attached hydrogens (tertiary/aromatic N) is 3. The summed E-state index contributed by atoms with van der Waals surface area (Å²) in [6, 6.07) is 1.57. The average Bonchev–Trinajstić information content (AvgIpc) is 2.42. The van der Waals surface area contributed by atoms with Gasteiger partial charge in [-0.3, -0.25) is 4.98 Å². The fraction of sp³-hybridized carbons (Fsp3) is 0.333. The number of pyridine rings is 1. The Morgan fingerprint density at radius 3 is 2.58 bits per heavy atom. The van der Waals surface area contributed by atoms with Crippen molar-refractivity contribution in [3.8, 4) is 5.75 Å². The van der Waals surface area contributed by atoms with Crippen molar-refractivity contribution in [2.45, 2.75) is 13.8 Å². The molecule has 0 unspecified atom stereocenters. The number of hydrogen-bond acceptors (Lipinski definition) is 7. The van der Waals surface area contributed by atoms with Crippen LogP contribution in [0.2, 0.25) is 0 Å². The summed E-state index contributed by atoms with van der Waals surface area (Å²) in [6.45, 7) is 3.57. The van der Waals surface area contributed by atoms with Gasteiger partial charge in [0.2, 0.25) is 0 Å². The van der Waals surface area contributed by atoms with Gasteiger partial charge in [-0.15, -0.1) is 0 Å². The summed E-state index contributed by atoms with van der Waals surface area (Å²) in [4.78, 5) is 25.4. The molecular formula is C12H15N3O4. The van der Waals surface area contributed by atoms with Crippen LogP contribution in [-0.2, 0) is 14.4 Å². The van der Waals surface area contributed by atoms with Gasteiger partial charge in [0.25, 0.3) is 0 Å². The normalized spacial score (nSPS) is 10.6. The molecule has 7 nitrogen and oxygen atoms in total. The molecule has 19 heavy (non-hydrogen) atoms. The van der Waals surface area contributed by atoms with Crippen LogP contribution in [-0.4, -0.2) is 36.6 Å². The van der Waals surface area contributed by atoms with Gasteiger partial charge in [-0.05, 0) is 13.8 Å². The summed E-state index contributed by atoms with van der Waals surface area (Å²) in [7, 11) is 2.58. The number of hydrogen-bond donors (Lipinski definition) is 0. The Kier molecular flexibility index (Phi) is 5.46. The Morgan fingerprint density at radius 1 is 1.26 bits per heavy atom. The topological polar surface area (TPSA) is 82.4 Å². The van der Waals surface area contributed by atoms with Gasteiger partial charge in [0.05, 0.1) is 18.4 Å². The highest BCUT2D eigenvalue weighted by molar-refractivity contribution is 6.43. The average molecular weight is 265 g/mol. The van der Waals surface area contributed by atoms with Crippen molar-refractivity contribution in [3.05, 3.63) is 24.0 Å². The first-order valence-corrected chi connectivity index (χ1v) is 5.42. The van der Waals surface area contributed by atoms with Crippen LogP contribution in [0.5, 0.6) is 5.75 Å². The van der Waals surface area contributed by atoms with E-state index in [0.29, 0.717) is 11.3 Å². The van der Waals surface area contributed by atoms with Crippen molar-refractivity contribution < 1.29 is 19.2 Å². The second-order valence-electron chi connectivity index (χ2n) is 3.62. The Balaban J connectivity index is 3.20. The number of oxime groups is 2. The fourth-order valence-corrected chi connectivity index (χ4v) is 1.16. The molecule has 0 aliphatic carbocycles. The molecule has 102 valence electrons. The van der Waals surface area contributed by atoms with E-state index in [4.69, 9.17) is 4.84 Å². The second-order valence-corrected chi connectivity index (χ2v) is 3.62. The number of carbonyl (C=O) groups excluding carboxylic acids is 1. The van der Waals surface area contributed by atoms with E-state index in [-0.39, 0.29) is 5.71 Å². The second kappa shape index (κ2) is 7.10. The van der Waals surface area contributed by atoms with E-state index < -0.39 is 5.97 Å². The summed E-state index contributed by atoms with van der Waals surface area (Å²) >= 11 is 0. The maximum absolute atomic E-state index is 11.6. The number of aromatic nitrogens is 1. The number of rotatable bonds is 5. The molecule has 1 rings (SSSR count). The van der Waals surface area contributed by atoms with Gasteiger partial charge in [0.1, 0.15) is 7.11 Å². The largest absolute Gasteiger partial charge is 0.464 e. The lowest BCUT2D eigenvalue weighted by atomic mass is 10.1. The molecule has 1 heterocycles. The quantitative estimate of drug-likeness (QED) is 0.456. The molecule has 0 amide bonds. The van der Waals surface area contributed by atoms with Crippen molar-refractivity contribution in [1.29, 1.82) is 0 Å². The number of esters is 1. The van der Waals surface area contributed by atoms with Gasteiger partial charge in [-0.25, -0.2) is 4.79 Å². The number of ether oxygens (including phenoxy) is 1. The summed E-state index contributed by atoms with van der Waals surface area (Å²) in [5.41, 5.74) is 1.02. The predicted octanol–water partition coefficient (Wildman–Crippen LogP) is 1.38. The fourth-order valence-electron chi connectivity index (χ4n) is 1.16.